The Bertz CT molecular complexity index is 271. The summed E-state index contributed by atoms with van der Waals surface area (Å²) in [7, 11) is -4.42. The van der Waals surface area contributed by atoms with Crippen LogP contribution in [-0.4, -0.2) is 65.9 Å². The van der Waals surface area contributed by atoms with E-state index in [4.69, 9.17) is 10.2 Å². The summed E-state index contributed by atoms with van der Waals surface area (Å²) in [5, 5.41) is 16.6. The highest BCUT2D eigenvalue weighted by Gasteiger charge is 2.35. The minimum absolute atomic E-state index is 0.0984. The van der Waals surface area contributed by atoms with E-state index < -0.39 is 15.5 Å². The van der Waals surface area contributed by atoms with Crippen molar-refractivity contribution in [3.8, 4) is 0 Å². The lowest BCUT2D eigenvalue weighted by atomic mass is 10.3. The van der Waals surface area contributed by atoms with E-state index >= 15 is 0 Å². The molecule has 0 heterocycles. The largest absolute Gasteiger partial charge is 0.743 e. The van der Waals surface area contributed by atoms with Crippen molar-refractivity contribution in [2.24, 2.45) is 0 Å². The van der Waals surface area contributed by atoms with Crippen LogP contribution in [0.1, 0.15) is 13.8 Å². The quantitative estimate of drug-likeness (QED) is 0.426. The molecule has 1 atom stereocenters. The third kappa shape index (κ3) is 3.69. The van der Waals surface area contributed by atoms with Crippen LogP contribution in [0.3, 0.4) is 0 Å². The second kappa shape index (κ2) is 5.76. The maximum atomic E-state index is 11.0. The van der Waals surface area contributed by atoms with E-state index in [-0.39, 0.29) is 30.8 Å². The van der Waals surface area contributed by atoms with E-state index in [0.717, 1.165) is 0 Å². The molecule has 0 aliphatic rings. The number of rotatable bonds is 7. The first-order valence-corrected chi connectivity index (χ1v) is 6.33. The highest BCUT2D eigenvalue weighted by Crippen LogP contribution is 2.17. The minimum atomic E-state index is -4.42. The molecular formula is C8H19NO5S. The SMILES string of the molecule is CC[N+](CCO)(CCO)C(C)S(=O)(=O)[O-]. The molecule has 0 amide bonds. The van der Waals surface area contributed by atoms with Gasteiger partial charge in [-0.1, -0.05) is 0 Å². The van der Waals surface area contributed by atoms with E-state index in [2.05, 4.69) is 0 Å². The molecule has 1 unspecified atom stereocenters. The number of hydrogen-bond donors (Lipinski definition) is 2. The van der Waals surface area contributed by atoms with Crippen LogP contribution >= 0.6 is 0 Å². The predicted molar refractivity (Wildman–Crippen MR) is 53.9 cm³/mol. The van der Waals surface area contributed by atoms with Crippen molar-refractivity contribution in [3.63, 3.8) is 0 Å². The van der Waals surface area contributed by atoms with Gasteiger partial charge < -0.3 is 19.2 Å². The van der Waals surface area contributed by atoms with Crippen molar-refractivity contribution in [2.45, 2.75) is 19.2 Å². The van der Waals surface area contributed by atoms with Gasteiger partial charge in [-0.3, -0.25) is 0 Å². The lowest BCUT2D eigenvalue weighted by Gasteiger charge is -2.42. The Morgan fingerprint density at radius 3 is 1.87 bits per heavy atom. The van der Waals surface area contributed by atoms with Gasteiger partial charge in [0.1, 0.15) is 23.2 Å². The fourth-order valence-corrected chi connectivity index (χ4v) is 2.63. The summed E-state index contributed by atoms with van der Waals surface area (Å²) in [4.78, 5) is 0. The maximum absolute atomic E-state index is 11.0. The molecule has 0 bridgehead atoms. The van der Waals surface area contributed by atoms with E-state index in [1.165, 1.54) is 6.92 Å². The molecule has 92 valence electrons. The number of aliphatic hydroxyl groups excluding tert-OH is 2. The maximum Gasteiger partial charge on any atom is 0.176 e. The Morgan fingerprint density at radius 1 is 1.27 bits per heavy atom. The molecule has 0 aliphatic carbocycles. The molecule has 6 nitrogen and oxygen atoms in total. The third-order valence-electron chi connectivity index (χ3n) is 2.91. The number of aliphatic hydroxyl groups is 2. The predicted octanol–water partition coefficient (Wildman–Crippen LogP) is -1.30. The molecule has 15 heavy (non-hydrogen) atoms. The monoisotopic (exact) mass is 241 g/mol. The van der Waals surface area contributed by atoms with Crippen molar-refractivity contribution in [2.75, 3.05) is 32.8 Å². The van der Waals surface area contributed by atoms with Crippen molar-refractivity contribution in [3.05, 3.63) is 0 Å². The summed E-state index contributed by atoms with van der Waals surface area (Å²) in [6, 6.07) is 0. The molecular weight excluding hydrogens is 222 g/mol. The summed E-state index contributed by atoms with van der Waals surface area (Å²) >= 11 is 0. The summed E-state index contributed by atoms with van der Waals surface area (Å²) in [6.45, 7) is 3.30. The van der Waals surface area contributed by atoms with Gasteiger partial charge in [0.2, 0.25) is 0 Å². The van der Waals surface area contributed by atoms with Gasteiger partial charge in [-0.2, -0.15) is 0 Å². The van der Waals surface area contributed by atoms with Gasteiger partial charge in [0.05, 0.1) is 19.8 Å². The van der Waals surface area contributed by atoms with Crippen LogP contribution < -0.4 is 0 Å². The average Bonchev–Trinajstić information content (AvgIpc) is 2.15. The number of likely N-dealkylation sites (N-methyl/N-ethyl adjacent to an activating group) is 1. The van der Waals surface area contributed by atoms with Crippen LogP contribution in [0.4, 0.5) is 0 Å². The second-order valence-corrected chi connectivity index (χ2v) is 5.19. The first-order chi connectivity index (χ1) is 6.84. The Labute approximate surface area is 90.5 Å². The van der Waals surface area contributed by atoms with Crippen LogP contribution in [0, 0.1) is 0 Å². The molecule has 7 heteroatoms. The molecule has 0 aromatic rings. The molecule has 0 radical (unpaired) electrons. The molecule has 0 aromatic heterocycles. The Balaban J connectivity index is 5.05. The van der Waals surface area contributed by atoms with Crippen LogP contribution in [0.2, 0.25) is 0 Å². The van der Waals surface area contributed by atoms with E-state index in [1.54, 1.807) is 6.92 Å². The topological polar surface area (TPSA) is 97.7 Å². The number of quaternary nitrogens is 1. The zero-order chi connectivity index (χ0) is 12.1. The Morgan fingerprint density at radius 2 is 1.67 bits per heavy atom. The molecule has 0 aliphatic heterocycles. The normalized spacial score (nSPS) is 15.3. The van der Waals surface area contributed by atoms with E-state index in [1.807, 2.05) is 0 Å². The van der Waals surface area contributed by atoms with Gasteiger partial charge in [-0.05, 0) is 6.92 Å². The van der Waals surface area contributed by atoms with Crippen LogP contribution in [0.5, 0.6) is 0 Å². The lowest BCUT2D eigenvalue weighted by molar-refractivity contribution is -0.936. The average molecular weight is 241 g/mol. The van der Waals surface area contributed by atoms with Crippen LogP contribution in [-0.2, 0) is 10.1 Å². The first-order valence-electron chi connectivity index (χ1n) is 4.86. The molecule has 0 rings (SSSR count). The van der Waals surface area contributed by atoms with E-state index in [9.17, 15) is 13.0 Å². The van der Waals surface area contributed by atoms with Crippen LogP contribution in [0.25, 0.3) is 0 Å². The van der Waals surface area contributed by atoms with Crippen molar-refractivity contribution >= 4 is 10.1 Å². The second-order valence-electron chi connectivity index (χ2n) is 3.52. The minimum Gasteiger partial charge on any atom is -0.743 e. The molecule has 0 saturated heterocycles. The zero-order valence-electron chi connectivity index (χ0n) is 9.09. The smallest absolute Gasteiger partial charge is 0.176 e. The Hall–Kier alpha value is -0.210. The molecule has 2 N–H and O–H groups in total. The summed E-state index contributed by atoms with van der Waals surface area (Å²) in [5.41, 5.74) is 0. The third-order valence-corrected chi connectivity index (χ3v) is 4.19. The van der Waals surface area contributed by atoms with Crippen molar-refractivity contribution in [1.29, 1.82) is 0 Å². The van der Waals surface area contributed by atoms with Gasteiger partial charge >= 0.3 is 0 Å². The summed E-state index contributed by atoms with van der Waals surface area (Å²) < 4.78 is 32.8. The Kier molecular flexibility index (Phi) is 5.68. The molecule has 0 spiro atoms. The molecule has 0 saturated carbocycles. The van der Waals surface area contributed by atoms with Crippen LogP contribution in [0.15, 0.2) is 0 Å². The first kappa shape index (κ1) is 14.8. The van der Waals surface area contributed by atoms with Gasteiger partial charge in [0.15, 0.2) is 5.37 Å². The fourth-order valence-electron chi connectivity index (χ4n) is 1.72. The highest BCUT2D eigenvalue weighted by atomic mass is 32.2. The number of hydrogen-bond acceptors (Lipinski definition) is 5. The summed E-state index contributed by atoms with van der Waals surface area (Å²) in [6.07, 6.45) is 0. The van der Waals surface area contributed by atoms with Crippen molar-refractivity contribution < 1.29 is 27.7 Å². The molecule has 0 fully saturated rings. The zero-order valence-corrected chi connectivity index (χ0v) is 9.90. The molecule has 0 aromatic carbocycles. The van der Waals surface area contributed by atoms with Gasteiger partial charge in [-0.15, -0.1) is 0 Å². The van der Waals surface area contributed by atoms with Crippen molar-refractivity contribution in [1.82, 2.24) is 0 Å². The fraction of sp³-hybridized carbons (Fsp3) is 1.00. The van der Waals surface area contributed by atoms with Gasteiger partial charge in [0.25, 0.3) is 0 Å². The highest BCUT2D eigenvalue weighted by molar-refractivity contribution is 7.86. The number of nitrogens with zero attached hydrogens (tertiary/aromatic N) is 1. The summed E-state index contributed by atoms with van der Waals surface area (Å²) in [5.74, 6) is 0. The van der Waals surface area contributed by atoms with Gasteiger partial charge in [-0.25, -0.2) is 8.42 Å². The standard InChI is InChI=1S/C8H19NO5S/c1-3-9(4-6-10,5-7-11)8(2)15(12,13)14/h8,10-11H,3-7H2,1-2H3. The lowest BCUT2D eigenvalue weighted by Crippen LogP contribution is -2.59. The van der Waals surface area contributed by atoms with Gasteiger partial charge in [0, 0.05) is 6.92 Å². The van der Waals surface area contributed by atoms with E-state index in [0.29, 0.717) is 6.54 Å².